The van der Waals surface area contributed by atoms with E-state index in [1.54, 1.807) is 18.2 Å². The molecule has 1 nitrogen and oxygen atoms in total. The Hall–Kier alpha value is -1.33. The van der Waals surface area contributed by atoms with E-state index in [1.807, 2.05) is 13.8 Å². The van der Waals surface area contributed by atoms with Crippen molar-refractivity contribution in [3.63, 3.8) is 0 Å². The van der Waals surface area contributed by atoms with Crippen molar-refractivity contribution < 1.29 is 9.50 Å². The Balaban J connectivity index is 2.83. The van der Waals surface area contributed by atoms with E-state index in [2.05, 4.69) is 11.8 Å². The number of hydrogen-bond donors (Lipinski definition) is 1. The zero-order valence-electron chi connectivity index (χ0n) is 8.29. The van der Waals surface area contributed by atoms with E-state index in [0.717, 1.165) is 0 Å². The van der Waals surface area contributed by atoms with Gasteiger partial charge in [0.1, 0.15) is 11.9 Å². The standard InChI is InChI=1S/C12H13FO/c1-9(2)12(14)8-7-10-5-3-4-6-11(10)13/h3-6,9,12,14H,1-2H3. The number of aliphatic hydroxyl groups is 1. The Labute approximate surface area is 83.6 Å². The summed E-state index contributed by atoms with van der Waals surface area (Å²) in [6.07, 6.45) is -0.699. The van der Waals surface area contributed by atoms with Gasteiger partial charge in [-0.3, -0.25) is 0 Å². The fraction of sp³-hybridized carbons (Fsp3) is 0.333. The molecule has 1 unspecified atom stereocenters. The maximum atomic E-state index is 13.1. The third kappa shape index (κ3) is 2.86. The molecule has 0 saturated carbocycles. The number of rotatable bonds is 1. The highest BCUT2D eigenvalue weighted by Gasteiger charge is 2.04. The second-order valence-corrected chi connectivity index (χ2v) is 3.44. The molecule has 2 heteroatoms. The second kappa shape index (κ2) is 4.78. The molecule has 0 aliphatic carbocycles. The summed E-state index contributed by atoms with van der Waals surface area (Å²) in [7, 11) is 0. The molecule has 0 radical (unpaired) electrons. The molecular weight excluding hydrogens is 179 g/mol. The monoisotopic (exact) mass is 192 g/mol. The first kappa shape index (κ1) is 10.7. The molecule has 0 bridgehead atoms. The molecular formula is C12H13FO. The third-order valence-corrected chi connectivity index (χ3v) is 1.86. The number of aliphatic hydroxyl groups excluding tert-OH is 1. The highest BCUT2D eigenvalue weighted by Crippen LogP contribution is 2.05. The van der Waals surface area contributed by atoms with E-state index >= 15 is 0 Å². The van der Waals surface area contributed by atoms with Gasteiger partial charge in [-0.05, 0) is 18.1 Å². The molecule has 0 aliphatic heterocycles. The van der Waals surface area contributed by atoms with Crippen LogP contribution in [0.15, 0.2) is 24.3 Å². The van der Waals surface area contributed by atoms with Gasteiger partial charge in [-0.2, -0.15) is 0 Å². The highest BCUT2D eigenvalue weighted by atomic mass is 19.1. The summed E-state index contributed by atoms with van der Waals surface area (Å²) in [6, 6.07) is 6.27. The minimum absolute atomic E-state index is 0.0641. The van der Waals surface area contributed by atoms with Crippen molar-refractivity contribution in [1.29, 1.82) is 0 Å². The number of halogens is 1. The van der Waals surface area contributed by atoms with E-state index in [1.165, 1.54) is 6.07 Å². The van der Waals surface area contributed by atoms with Crippen LogP contribution in [-0.4, -0.2) is 11.2 Å². The molecule has 14 heavy (non-hydrogen) atoms. The van der Waals surface area contributed by atoms with Crippen LogP contribution >= 0.6 is 0 Å². The topological polar surface area (TPSA) is 20.2 Å². The van der Waals surface area contributed by atoms with E-state index in [0.29, 0.717) is 5.56 Å². The summed E-state index contributed by atoms with van der Waals surface area (Å²) in [6.45, 7) is 3.72. The van der Waals surface area contributed by atoms with Crippen LogP contribution in [-0.2, 0) is 0 Å². The normalized spacial score (nSPS) is 12.1. The van der Waals surface area contributed by atoms with Crippen molar-refractivity contribution in [3.8, 4) is 11.8 Å². The van der Waals surface area contributed by atoms with Crippen molar-refractivity contribution in [2.75, 3.05) is 0 Å². The van der Waals surface area contributed by atoms with Crippen molar-refractivity contribution in [2.24, 2.45) is 5.92 Å². The number of hydrogen-bond acceptors (Lipinski definition) is 1. The first-order chi connectivity index (χ1) is 6.61. The molecule has 1 N–H and O–H groups in total. The average molecular weight is 192 g/mol. The zero-order chi connectivity index (χ0) is 10.6. The van der Waals surface area contributed by atoms with Crippen LogP contribution in [0, 0.1) is 23.6 Å². The maximum Gasteiger partial charge on any atom is 0.138 e. The SMILES string of the molecule is CC(C)C(O)C#Cc1ccccc1F. The van der Waals surface area contributed by atoms with Crippen LogP contribution in [0.5, 0.6) is 0 Å². The predicted octanol–water partition coefficient (Wildman–Crippen LogP) is 2.19. The minimum Gasteiger partial charge on any atom is -0.380 e. The Morgan fingerprint density at radius 1 is 1.29 bits per heavy atom. The van der Waals surface area contributed by atoms with Gasteiger partial charge in [-0.1, -0.05) is 37.8 Å². The van der Waals surface area contributed by atoms with E-state index in [-0.39, 0.29) is 11.7 Å². The molecule has 0 aliphatic rings. The molecule has 0 amide bonds. The van der Waals surface area contributed by atoms with Crippen LogP contribution < -0.4 is 0 Å². The maximum absolute atomic E-state index is 13.1. The lowest BCUT2D eigenvalue weighted by atomic mass is 10.1. The molecule has 0 heterocycles. The summed E-state index contributed by atoms with van der Waals surface area (Å²) in [4.78, 5) is 0. The summed E-state index contributed by atoms with van der Waals surface area (Å²) < 4.78 is 13.1. The van der Waals surface area contributed by atoms with Gasteiger partial charge >= 0.3 is 0 Å². The summed E-state index contributed by atoms with van der Waals surface area (Å²) in [5, 5.41) is 9.38. The van der Waals surface area contributed by atoms with Crippen LogP contribution in [0.2, 0.25) is 0 Å². The lowest BCUT2D eigenvalue weighted by molar-refractivity contribution is 0.181. The van der Waals surface area contributed by atoms with Crippen LogP contribution in [0.25, 0.3) is 0 Å². The second-order valence-electron chi connectivity index (χ2n) is 3.44. The van der Waals surface area contributed by atoms with Crippen LogP contribution in [0.1, 0.15) is 19.4 Å². The van der Waals surface area contributed by atoms with Crippen molar-refractivity contribution in [1.82, 2.24) is 0 Å². The average Bonchev–Trinajstić information content (AvgIpc) is 2.16. The molecule has 1 atom stereocenters. The Kier molecular flexibility index (Phi) is 3.67. The fourth-order valence-corrected chi connectivity index (χ4v) is 0.881. The van der Waals surface area contributed by atoms with Crippen molar-refractivity contribution in [3.05, 3.63) is 35.6 Å². The van der Waals surface area contributed by atoms with Gasteiger partial charge in [0, 0.05) is 0 Å². The largest absolute Gasteiger partial charge is 0.380 e. The predicted molar refractivity (Wildman–Crippen MR) is 54.1 cm³/mol. The van der Waals surface area contributed by atoms with E-state index in [9.17, 15) is 9.50 Å². The lowest BCUT2D eigenvalue weighted by Gasteiger charge is -2.05. The summed E-state index contributed by atoms with van der Waals surface area (Å²) in [5.41, 5.74) is 0.326. The van der Waals surface area contributed by atoms with Gasteiger partial charge in [0.15, 0.2) is 0 Å². The van der Waals surface area contributed by atoms with E-state index in [4.69, 9.17) is 0 Å². The first-order valence-corrected chi connectivity index (χ1v) is 4.55. The summed E-state index contributed by atoms with van der Waals surface area (Å²) in [5.74, 6) is 4.94. The Bertz CT molecular complexity index is 360. The molecule has 1 rings (SSSR count). The Morgan fingerprint density at radius 2 is 1.93 bits per heavy atom. The van der Waals surface area contributed by atoms with Gasteiger partial charge in [0.25, 0.3) is 0 Å². The molecule has 74 valence electrons. The fourth-order valence-electron chi connectivity index (χ4n) is 0.881. The molecule has 0 saturated heterocycles. The van der Waals surface area contributed by atoms with Gasteiger partial charge in [-0.15, -0.1) is 0 Å². The molecule has 0 fully saturated rings. The minimum atomic E-state index is -0.699. The summed E-state index contributed by atoms with van der Waals surface area (Å²) >= 11 is 0. The number of benzene rings is 1. The van der Waals surface area contributed by atoms with Gasteiger partial charge < -0.3 is 5.11 Å². The van der Waals surface area contributed by atoms with Gasteiger partial charge in [0.05, 0.1) is 5.56 Å². The van der Waals surface area contributed by atoms with Crippen LogP contribution in [0.4, 0.5) is 4.39 Å². The zero-order valence-corrected chi connectivity index (χ0v) is 8.29. The highest BCUT2D eigenvalue weighted by molar-refractivity contribution is 5.35. The molecule has 1 aromatic rings. The molecule has 1 aromatic carbocycles. The van der Waals surface area contributed by atoms with Crippen LogP contribution in [0.3, 0.4) is 0 Å². The molecule has 0 spiro atoms. The smallest absolute Gasteiger partial charge is 0.138 e. The van der Waals surface area contributed by atoms with Crippen molar-refractivity contribution >= 4 is 0 Å². The molecule has 0 aromatic heterocycles. The van der Waals surface area contributed by atoms with Gasteiger partial charge in [0.2, 0.25) is 0 Å². The lowest BCUT2D eigenvalue weighted by Crippen LogP contribution is -2.11. The van der Waals surface area contributed by atoms with E-state index < -0.39 is 6.10 Å². The Morgan fingerprint density at radius 3 is 2.50 bits per heavy atom. The third-order valence-electron chi connectivity index (χ3n) is 1.86. The van der Waals surface area contributed by atoms with Crippen molar-refractivity contribution in [2.45, 2.75) is 20.0 Å². The quantitative estimate of drug-likeness (QED) is 0.676. The first-order valence-electron chi connectivity index (χ1n) is 4.55. The van der Waals surface area contributed by atoms with Gasteiger partial charge in [-0.25, -0.2) is 4.39 Å².